The summed E-state index contributed by atoms with van der Waals surface area (Å²) in [6.07, 6.45) is 3.65. The Bertz CT molecular complexity index is 418. The summed E-state index contributed by atoms with van der Waals surface area (Å²) in [6, 6.07) is 3.96. The van der Waals surface area contributed by atoms with Crippen molar-refractivity contribution in [2.24, 2.45) is 0 Å². The van der Waals surface area contributed by atoms with E-state index in [1.165, 1.54) is 0 Å². The fourth-order valence-electron chi connectivity index (χ4n) is 2.27. The lowest BCUT2D eigenvalue weighted by Gasteiger charge is -2.26. The lowest BCUT2D eigenvalue weighted by atomic mass is 9.93. The summed E-state index contributed by atoms with van der Waals surface area (Å²) in [6.45, 7) is 0.705. The maximum atomic E-state index is 9.67. The average Bonchev–Trinajstić information content (AvgIpc) is 2.36. The molecule has 100 valence electrons. The van der Waals surface area contributed by atoms with Crippen molar-refractivity contribution in [1.29, 1.82) is 0 Å². The van der Waals surface area contributed by atoms with Gasteiger partial charge in [0.1, 0.15) is 5.75 Å². The number of rotatable bonds is 3. The number of benzene rings is 1. The molecule has 0 unspecified atom stereocenters. The van der Waals surface area contributed by atoms with Gasteiger partial charge in [-0.15, -0.1) is 0 Å². The first-order chi connectivity index (χ1) is 8.58. The Morgan fingerprint density at radius 2 is 1.83 bits per heavy atom. The quantitative estimate of drug-likeness (QED) is 0.756. The van der Waals surface area contributed by atoms with Crippen LogP contribution >= 0.6 is 31.9 Å². The Morgan fingerprint density at radius 1 is 1.17 bits per heavy atom. The van der Waals surface area contributed by atoms with Crippen LogP contribution in [0.5, 0.6) is 5.75 Å². The van der Waals surface area contributed by atoms with Gasteiger partial charge in [-0.25, -0.2) is 0 Å². The highest BCUT2D eigenvalue weighted by Crippen LogP contribution is 2.33. The second kappa shape index (κ2) is 6.37. The third kappa shape index (κ3) is 3.47. The second-order valence-electron chi connectivity index (χ2n) is 4.75. The van der Waals surface area contributed by atoms with Gasteiger partial charge in [-0.1, -0.05) is 15.9 Å². The van der Waals surface area contributed by atoms with E-state index in [0.717, 1.165) is 40.2 Å². The zero-order valence-electron chi connectivity index (χ0n) is 10.00. The molecular weight excluding hydrogens is 362 g/mol. The minimum atomic E-state index is -0.123. The van der Waals surface area contributed by atoms with E-state index in [1.54, 1.807) is 6.07 Å². The average molecular weight is 379 g/mol. The third-order valence-electron chi connectivity index (χ3n) is 3.43. The summed E-state index contributed by atoms with van der Waals surface area (Å²) in [5.41, 5.74) is 1.03. The van der Waals surface area contributed by atoms with E-state index < -0.39 is 0 Å². The molecule has 0 heterocycles. The minimum Gasteiger partial charge on any atom is -0.507 e. The van der Waals surface area contributed by atoms with E-state index in [2.05, 4.69) is 37.2 Å². The summed E-state index contributed by atoms with van der Waals surface area (Å²) >= 11 is 6.90. The van der Waals surface area contributed by atoms with Crippen LogP contribution in [-0.2, 0) is 6.54 Å². The predicted molar refractivity (Wildman–Crippen MR) is 78.6 cm³/mol. The molecule has 0 spiro atoms. The summed E-state index contributed by atoms with van der Waals surface area (Å²) in [5, 5.41) is 22.6. The van der Waals surface area contributed by atoms with Crippen LogP contribution in [0.3, 0.4) is 0 Å². The van der Waals surface area contributed by atoms with Gasteiger partial charge in [0, 0.05) is 17.1 Å². The molecule has 1 aliphatic carbocycles. The molecule has 0 saturated heterocycles. The highest BCUT2D eigenvalue weighted by atomic mass is 79.9. The fourth-order valence-corrected chi connectivity index (χ4v) is 3.50. The summed E-state index contributed by atoms with van der Waals surface area (Å²) in [4.78, 5) is 0. The first-order valence-electron chi connectivity index (χ1n) is 6.15. The monoisotopic (exact) mass is 377 g/mol. The van der Waals surface area contributed by atoms with Crippen LogP contribution in [-0.4, -0.2) is 22.4 Å². The molecule has 5 heteroatoms. The Kier molecular flexibility index (Phi) is 5.06. The predicted octanol–water partition coefficient (Wildman–Crippen LogP) is 3.31. The molecule has 3 nitrogen and oxygen atoms in total. The number of phenolic OH excluding ortho intramolecular Hbond substituents is 1. The van der Waals surface area contributed by atoms with Gasteiger partial charge in [0.05, 0.1) is 10.6 Å². The Morgan fingerprint density at radius 3 is 2.50 bits per heavy atom. The second-order valence-corrected chi connectivity index (χ2v) is 6.39. The van der Waals surface area contributed by atoms with Gasteiger partial charge in [-0.3, -0.25) is 0 Å². The fraction of sp³-hybridized carbons (Fsp3) is 0.538. The molecule has 1 saturated carbocycles. The van der Waals surface area contributed by atoms with Crippen LogP contribution in [0.15, 0.2) is 21.1 Å². The van der Waals surface area contributed by atoms with Crippen molar-refractivity contribution in [2.45, 2.75) is 44.4 Å². The smallest absolute Gasteiger partial charge is 0.130 e. The van der Waals surface area contributed by atoms with Crippen molar-refractivity contribution in [2.75, 3.05) is 0 Å². The van der Waals surface area contributed by atoms with Crippen molar-refractivity contribution in [3.05, 3.63) is 26.6 Å². The number of aliphatic hydroxyl groups excluding tert-OH is 1. The molecule has 1 aliphatic rings. The van der Waals surface area contributed by atoms with Crippen molar-refractivity contribution in [3.63, 3.8) is 0 Å². The van der Waals surface area contributed by atoms with Crippen LogP contribution in [0.4, 0.5) is 0 Å². The molecule has 3 N–H and O–H groups in total. The molecule has 1 aromatic rings. The summed E-state index contributed by atoms with van der Waals surface area (Å²) in [7, 11) is 0. The maximum absolute atomic E-state index is 9.67. The SMILES string of the molecule is Oc1ccc(Br)c(CN[C@H]2CC[C@H](O)CC2)c1Br. The Labute approximate surface area is 124 Å². The minimum absolute atomic E-state index is 0.123. The molecular formula is C13H17Br2NO2. The third-order valence-corrected chi connectivity index (χ3v) is 5.06. The molecule has 0 atom stereocenters. The van der Waals surface area contributed by atoms with Crippen LogP contribution in [0, 0.1) is 0 Å². The van der Waals surface area contributed by atoms with Crippen molar-refractivity contribution in [3.8, 4) is 5.75 Å². The zero-order chi connectivity index (χ0) is 13.1. The molecule has 18 heavy (non-hydrogen) atoms. The zero-order valence-corrected chi connectivity index (χ0v) is 13.2. The van der Waals surface area contributed by atoms with Crippen LogP contribution in [0.1, 0.15) is 31.2 Å². The van der Waals surface area contributed by atoms with E-state index in [1.807, 2.05) is 6.07 Å². The number of halogens is 2. The number of hydrogen-bond donors (Lipinski definition) is 3. The first kappa shape index (κ1) is 14.3. The molecule has 0 amide bonds. The summed E-state index contributed by atoms with van der Waals surface area (Å²) in [5.74, 6) is 0.258. The number of hydrogen-bond acceptors (Lipinski definition) is 3. The lowest BCUT2D eigenvalue weighted by molar-refractivity contribution is 0.116. The highest BCUT2D eigenvalue weighted by molar-refractivity contribution is 9.11. The highest BCUT2D eigenvalue weighted by Gasteiger charge is 2.19. The number of aliphatic hydroxyl groups is 1. The lowest BCUT2D eigenvalue weighted by Crippen LogP contribution is -2.34. The topological polar surface area (TPSA) is 52.5 Å². The van der Waals surface area contributed by atoms with Gasteiger partial charge in [-0.05, 0) is 59.3 Å². The number of aromatic hydroxyl groups is 1. The largest absolute Gasteiger partial charge is 0.507 e. The molecule has 1 fully saturated rings. The van der Waals surface area contributed by atoms with Gasteiger partial charge < -0.3 is 15.5 Å². The Hall–Kier alpha value is -0.100. The van der Waals surface area contributed by atoms with E-state index in [0.29, 0.717) is 12.6 Å². The molecule has 0 radical (unpaired) electrons. The molecule has 0 aliphatic heterocycles. The molecule has 2 rings (SSSR count). The first-order valence-corrected chi connectivity index (χ1v) is 7.74. The molecule has 0 aromatic heterocycles. The van der Waals surface area contributed by atoms with Crippen LogP contribution in [0.25, 0.3) is 0 Å². The van der Waals surface area contributed by atoms with Crippen LogP contribution in [0.2, 0.25) is 0 Å². The van der Waals surface area contributed by atoms with E-state index in [4.69, 9.17) is 0 Å². The maximum Gasteiger partial charge on any atom is 0.130 e. The van der Waals surface area contributed by atoms with E-state index in [9.17, 15) is 10.2 Å². The van der Waals surface area contributed by atoms with Crippen LogP contribution < -0.4 is 5.32 Å². The van der Waals surface area contributed by atoms with E-state index in [-0.39, 0.29) is 11.9 Å². The normalized spacial score (nSPS) is 24.2. The number of phenols is 1. The van der Waals surface area contributed by atoms with Gasteiger partial charge in [0.25, 0.3) is 0 Å². The number of nitrogens with one attached hydrogen (secondary N) is 1. The van der Waals surface area contributed by atoms with Gasteiger partial charge in [-0.2, -0.15) is 0 Å². The van der Waals surface area contributed by atoms with E-state index >= 15 is 0 Å². The molecule has 1 aromatic carbocycles. The summed E-state index contributed by atoms with van der Waals surface area (Å²) < 4.78 is 1.72. The standard InChI is InChI=1S/C13H17Br2NO2/c14-11-5-6-12(18)13(15)10(11)7-16-8-1-3-9(17)4-2-8/h5-6,8-9,16-18H,1-4,7H2/t8-,9-. The Balaban J connectivity index is 1.96. The van der Waals surface area contributed by atoms with Crippen molar-refractivity contribution < 1.29 is 10.2 Å². The van der Waals surface area contributed by atoms with Gasteiger partial charge in [0.15, 0.2) is 0 Å². The van der Waals surface area contributed by atoms with Crippen molar-refractivity contribution in [1.82, 2.24) is 5.32 Å². The van der Waals surface area contributed by atoms with Crippen molar-refractivity contribution >= 4 is 31.9 Å². The van der Waals surface area contributed by atoms with Gasteiger partial charge in [0.2, 0.25) is 0 Å². The van der Waals surface area contributed by atoms with Gasteiger partial charge >= 0.3 is 0 Å². The molecule has 0 bridgehead atoms.